The molecule has 2 aromatic carbocycles. The first-order chi connectivity index (χ1) is 12.4. The highest BCUT2D eigenvalue weighted by atomic mass is 16.5. The molecule has 0 aliphatic heterocycles. The molecule has 3 aromatic rings. The Morgan fingerprint density at radius 1 is 0.880 bits per heavy atom. The maximum absolute atomic E-state index is 6.10. The zero-order valence-electron chi connectivity index (χ0n) is 14.1. The van der Waals surface area contributed by atoms with Gasteiger partial charge in [-0.05, 0) is 41.3 Å². The second-order valence-corrected chi connectivity index (χ2v) is 6.50. The minimum Gasteiger partial charge on any atom is -0.489 e. The summed E-state index contributed by atoms with van der Waals surface area (Å²) >= 11 is 0. The van der Waals surface area contributed by atoms with Gasteiger partial charge in [-0.15, -0.1) is 0 Å². The fourth-order valence-corrected chi connectivity index (χ4v) is 3.17. The largest absolute Gasteiger partial charge is 0.489 e. The van der Waals surface area contributed by atoms with Crippen LogP contribution in [0.25, 0.3) is 0 Å². The fraction of sp³-hybridized carbons (Fsp3) is 0.227. The summed E-state index contributed by atoms with van der Waals surface area (Å²) in [6.45, 7) is 1.50. The number of rotatable bonds is 7. The van der Waals surface area contributed by atoms with Gasteiger partial charge in [0.25, 0.3) is 0 Å². The van der Waals surface area contributed by atoms with Crippen molar-refractivity contribution in [2.75, 3.05) is 0 Å². The third-order valence-electron chi connectivity index (χ3n) is 4.66. The summed E-state index contributed by atoms with van der Waals surface area (Å²) in [4.78, 5) is 4.06. The van der Waals surface area contributed by atoms with Crippen LogP contribution in [-0.2, 0) is 13.2 Å². The zero-order chi connectivity index (χ0) is 16.9. The second-order valence-electron chi connectivity index (χ2n) is 6.50. The molecule has 3 nitrogen and oxygen atoms in total. The highest BCUT2D eigenvalue weighted by molar-refractivity contribution is 5.41. The van der Waals surface area contributed by atoms with Gasteiger partial charge in [0.05, 0.1) is 0 Å². The van der Waals surface area contributed by atoms with E-state index in [1.165, 1.54) is 16.7 Å². The first kappa shape index (κ1) is 15.9. The highest BCUT2D eigenvalue weighted by Gasteiger charge is 2.39. The number of nitrogens with zero attached hydrogens (tertiary/aromatic N) is 1. The predicted molar refractivity (Wildman–Crippen MR) is 99.4 cm³/mol. The molecule has 0 saturated heterocycles. The van der Waals surface area contributed by atoms with E-state index in [9.17, 15) is 0 Å². The van der Waals surface area contributed by atoms with Gasteiger partial charge in [-0.1, -0.05) is 48.5 Å². The molecule has 0 radical (unpaired) electrons. The SMILES string of the molecule is c1ccc(COc2ccccc2C2CC2NCc2ccncc2)cc1. The third kappa shape index (κ3) is 4.06. The molecule has 1 saturated carbocycles. The number of pyridine rings is 1. The van der Waals surface area contributed by atoms with Gasteiger partial charge in [0.1, 0.15) is 12.4 Å². The average molecular weight is 330 g/mol. The lowest BCUT2D eigenvalue weighted by molar-refractivity contribution is 0.302. The molecule has 1 aromatic heterocycles. The summed E-state index contributed by atoms with van der Waals surface area (Å²) < 4.78 is 6.10. The number of hydrogen-bond donors (Lipinski definition) is 1. The van der Waals surface area contributed by atoms with E-state index in [-0.39, 0.29) is 0 Å². The van der Waals surface area contributed by atoms with Gasteiger partial charge in [-0.3, -0.25) is 4.98 Å². The molecule has 1 aliphatic rings. The van der Waals surface area contributed by atoms with Gasteiger partial charge in [-0.2, -0.15) is 0 Å². The van der Waals surface area contributed by atoms with E-state index in [1.807, 2.05) is 36.7 Å². The normalized spacial score (nSPS) is 18.7. The summed E-state index contributed by atoms with van der Waals surface area (Å²) in [6, 6.07) is 23.4. The summed E-state index contributed by atoms with van der Waals surface area (Å²) in [5.74, 6) is 1.54. The molecule has 1 N–H and O–H groups in total. The molecule has 126 valence electrons. The zero-order valence-corrected chi connectivity index (χ0v) is 14.1. The van der Waals surface area contributed by atoms with E-state index in [0.29, 0.717) is 18.6 Å². The van der Waals surface area contributed by atoms with E-state index < -0.39 is 0 Å². The lowest BCUT2D eigenvalue weighted by Crippen LogP contribution is -2.17. The molecule has 0 bridgehead atoms. The van der Waals surface area contributed by atoms with Gasteiger partial charge in [0.15, 0.2) is 0 Å². The number of ether oxygens (including phenoxy) is 1. The van der Waals surface area contributed by atoms with Crippen LogP contribution < -0.4 is 10.1 Å². The van der Waals surface area contributed by atoms with Crippen LogP contribution in [0, 0.1) is 0 Å². The molecule has 4 rings (SSSR count). The van der Waals surface area contributed by atoms with Gasteiger partial charge >= 0.3 is 0 Å². The number of nitrogens with one attached hydrogen (secondary N) is 1. The summed E-state index contributed by atoms with van der Waals surface area (Å²) in [5.41, 5.74) is 3.78. The first-order valence-corrected chi connectivity index (χ1v) is 8.78. The van der Waals surface area contributed by atoms with Crippen LogP contribution in [0.5, 0.6) is 5.75 Å². The lowest BCUT2D eigenvalue weighted by atomic mass is 10.1. The molecule has 1 fully saturated rings. The second kappa shape index (κ2) is 7.49. The molecule has 3 heteroatoms. The van der Waals surface area contributed by atoms with Crippen LogP contribution in [0.15, 0.2) is 79.1 Å². The van der Waals surface area contributed by atoms with Crippen molar-refractivity contribution in [1.82, 2.24) is 10.3 Å². The average Bonchev–Trinajstić information content (AvgIpc) is 3.46. The van der Waals surface area contributed by atoms with Crippen LogP contribution in [-0.4, -0.2) is 11.0 Å². The van der Waals surface area contributed by atoms with Crippen LogP contribution in [0.2, 0.25) is 0 Å². The van der Waals surface area contributed by atoms with E-state index in [0.717, 1.165) is 18.7 Å². The topological polar surface area (TPSA) is 34.1 Å². The van der Waals surface area contributed by atoms with Crippen molar-refractivity contribution < 1.29 is 4.74 Å². The quantitative estimate of drug-likeness (QED) is 0.701. The Bertz CT molecular complexity index is 805. The molecular weight excluding hydrogens is 308 g/mol. The maximum Gasteiger partial charge on any atom is 0.123 e. The van der Waals surface area contributed by atoms with Gasteiger partial charge in [-0.25, -0.2) is 0 Å². The van der Waals surface area contributed by atoms with E-state index in [4.69, 9.17) is 4.74 Å². The Morgan fingerprint density at radius 3 is 2.48 bits per heavy atom. The molecule has 1 aliphatic carbocycles. The van der Waals surface area contributed by atoms with Crippen molar-refractivity contribution in [2.45, 2.75) is 31.5 Å². The number of para-hydroxylation sites is 1. The summed E-state index contributed by atoms with van der Waals surface area (Å²) in [5, 5.41) is 3.64. The lowest BCUT2D eigenvalue weighted by Gasteiger charge is -2.12. The number of aromatic nitrogens is 1. The Kier molecular flexibility index (Phi) is 4.75. The molecule has 0 amide bonds. The Balaban J connectivity index is 1.37. The Labute approximate surface area is 148 Å². The first-order valence-electron chi connectivity index (χ1n) is 8.78. The van der Waals surface area contributed by atoms with Gasteiger partial charge in [0.2, 0.25) is 0 Å². The minimum absolute atomic E-state index is 0.523. The van der Waals surface area contributed by atoms with Crippen molar-refractivity contribution >= 4 is 0 Å². The number of benzene rings is 2. The molecule has 2 unspecified atom stereocenters. The van der Waals surface area contributed by atoms with Crippen molar-refractivity contribution in [3.63, 3.8) is 0 Å². The van der Waals surface area contributed by atoms with Crippen LogP contribution in [0.4, 0.5) is 0 Å². The molecule has 25 heavy (non-hydrogen) atoms. The minimum atomic E-state index is 0.523. The van der Waals surface area contributed by atoms with Crippen molar-refractivity contribution in [2.24, 2.45) is 0 Å². The van der Waals surface area contributed by atoms with Gasteiger partial charge in [0, 0.05) is 30.9 Å². The van der Waals surface area contributed by atoms with Crippen LogP contribution >= 0.6 is 0 Å². The Morgan fingerprint density at radius 2 is 1.64 bits per heavy atom. The summed E-state index contributed by atoms with van der Waals surface area (Å²) in [6.07, 6.45) is 4.85. The standard InChI is InChI=1S/C22H22N2O/c1-2-6-18(7-3-1)16-25-22-9-5-4-8-19(22)20-14-21(20)24-15-17-10-12-23-13-11-17/h1-13,20-21,24H,14-16H2. The van der Waals surface area contributed by atoms with Crippen LogP contribution in [0.3, 0.4) is 0 Å². The van der Waals surface area contributed by atoms with E-state index in [1.54, 1.807) is 0 Å². The van der Waals surface area contributed by atoms with Gasteiger partial charge < -0.3 is 10.1 Å². The molecular formula is C22H22N2O. The number of hydrogen-bond acceptors (Lipinski definition) is 3. The monoisotopic (exact) mass is 330 g/mol. The van der Waals surface area contributed by atoms with Crippen molar-refractivity contribution in [3.8, 4) is 5.75 Å². The molecule has 0 spiro atoms. The summed E-state index contributed by atoms with van der Waals surface area (Å²) in [7, 11) is 0. The van der Waals surface area contributed by atoms with Crippen molar-refractivity contribution in [1.29, 1.82) is 0 Å². The fourth-order valence-electron chi connectivity index (χ4n) is 3.17. The Hall–Kier alpha value is -2.65. The van der Waals surface area contributed by atoms with E-state index >= 15 is 0 Å². The predicted octanol–water partition coefficient (Wildman–Crippen LogP) is 4.31. The van der Waals surface area contributed by atoms with Crippen molar-refractivity contribution in [3.05, 3.63) is 95.8 Å². The smallest absolute Gasteiger partial charge is 0.123 e. The molecule has 2 atom stereocenters. The molecule has 1 heterocycles. The van der Waals surface area contributed by atoms with Crippen LogP contribution in [0.1, 0.15) is 29.0 Å². The maximum atomic E-state index is 6.10. The third-order valence-corrected chi connectivity index (χ3v) is 4.66. The highest BCUT2D eigenvalue weighted by Crippen LogP contribution is 2.44. The van der Waals surface area contributed by atoms with E-state index in [2.05, 4.69) is 52.8 Å².